The third kappa shape index (κ3) is 4.54. The predicted molar refractivity (Wildman–Crippen MR) is 95.9 cm³/mol. The molecule has 0 bridgehead atoms. The molecule has 2 aromatic carbocycles. The number of hydrogen-bond donors (Lipinski definition) is 1. The Kier molecular flexibility index (Phi) is 6.30. The van der Waals surface area contributed by atoms with Crippen molar-refractivity contribution < 1.29 is 23.9 Å². The molecule has 24 heavy (non-hydrogen) atoms. The first-order valence-electron chi connectivity index (χ1n) is 6.91. The Hall–Kier alpha value is -2.42. The van der Waals surface area contributed by atoms with Gasteiger partial charge in [-0.1, -0.05) is 24.3 Å². The fourth-order valence-electron chi connectivity index (χ4n) is 1.91. The van der Waals surface area contributed by atoms with Crippen molar-refractivity contribution in [2.24, 2.45) is 0 Å². The Morgan fingerprint density at radius 2 is 1.54 bits per heavy atom. The summed E-state index contributed by atoms with van der Waals surface area (Å²) in [6.07, 6.45) is 0. The molecule has 6 nitrogen and oxygen atoms in total. The Morgan fingerprint density at radius 3 is 2.17 bits per heavy atom. The number of ether oxygens (including phenoxy) is 2. The predicted octanol–water partition coefficient (Wildman–Crippen LogP) is 2.87. The van der Waals surface area contributed by atoms with Crippen molar-refractivity contribution >= 4 is 46.1 Å². The summed E-state index contributed by atoms with van der Waals surface area (Å²) in [7, 11) is 1.22. The number of rotatable bonds is 5. The zero-order chi connectivity index (χ0) is 17.5. The van der Waals surface area contributed by atoms with Crippen LogP contribution in [0.1, 0.15) is 20.7 Å². The number of para-hydroxylation sites is 1. The monoisotopic (exact) mass is 439 g/mol. The molecule has 0 fully saturated rings. The van der Waals surface area contributed by atoms with E-state index in [1.54, 1.807) is 24.3 Å². The van der Waals surface area contributed by atoms with E-state index in [0.29, 0.717) is 5.69 Å². The van der Waals surface area contributed by atoms with Gasteiger partial charge in [-0.2, -0.15) is 0 Å². The molecule has 0 aliphatic heterocycles. The molecule has 0 heterocycles. The summed E-state index contributed by atoms with van der Waals surface area (Å²) in [5.41, 5.74) is 0.767. The molecule has 0 atom stereocenters. The molecule has 0 spiro atoms. The van der Waals surface area contributed by atoms with Crippen LogP contribution in [0.5, 0.6) is 0 Å². The van der Waals surface area contributed by atoms with E-state index >= 15 is 0 Å². The zero-order valence-corrected chi connectivity index (χ0v) is 14.9. The highest BCUT2D eigenvalue weighted by molar-refractivity contribution is 14.1. The number of nitrogens with one attached hydrogen (secondary N) is 1. The normalized spacial score (nSPS) is 9.92. The topological polar surface area (TPSA) is 81.7 Å². The van der Waals surface area contributed by atoms with Gasteiger partial charge in [0.1, 0.15) is 0 Å². The Balaban J connectivity index is 2.00. The highest BCUT2D eigenvalue weighted by Crippen LogP contribution is 2.17. The number of benzene rings is 2. The van der Waals surface area contributed by atoms with Crippen LogP contribution in [0.25, 0.3) is 0 Å². The fourth-order valence-corrected chi connectivity index (χ4v) is 2.43. The van der Waals surface area contributed by atoms with E-state index in [-0.39, 0.29) is 11.1 Å². The van der Waals surface area contributed by atoms with Crippen molar-refractivity contribution in [3.63, 3.8) is 0 Å². The molecule has 0 unspecified atom stereocenters. The van der Waals surface area contributed by atoms with Crippen LogP contribution in [0.2, 0.25) is 0 Å². The van der Waals surface area contributed by atoms with Crippen LogP contribution in [0, 0.1) is 3.57 Å². The van der Waals surface area contributed by atoms with Crippen molar-refractivity contribution in [3.05, 3.63) is 63.2 Å². The number of carbonyl (C=O) groups excluding carboxylic acids is 3. The number of amides is 1. The van der Waals surface area contributed by atoms with Crippen molar-refractivity contribution in [3.8, 4) is 0 Å². The van der Waals surface area contributed by atoms with E-state index in [4.69, 9.17) is 4.74 Å². The first-order chi connectivity index (χ1) is 11.5. The molecular weight excluding hydrogens is 425 g/mol. The first-order valence-corrected chi connectivity index (χ1v) is 7.99. The first kappa shape index (κ1) is 17.9. The van der Waals surface area contributed by atoms with Crippen molar-refractivity contribution in [1.82, 2.24) is 0 Å². The average molecular weight is 439 g/mol. The molecule has 0 saturated carbocycles. The molecule has 0 aliphatic rings. The van der Waals surface area contributed by atoms with Gasteiger partial charge in [-0.25, -0.2) is 9.59 Å². The molecule has 7 heteroatoms. The molecule has 0 radical (unpaired) electrons. The number of methoxy groups -OCH3 is 1. The van der Waals surface area contributed by atoms with Crippen LogP contribution >= 0.6 is 22.6 Å². The van der Waals surface area contributed by atoms with Crippen LogP contribution in [0.4, 0.5) is 5.69 Å². The minimum absolute atomic E-state index is 0.0476. The maximum Gasteiger partial charge on any atom is 0.339 e. The standard InChI is InChI=1S/C17H14INO5/c1-23-16(21)11-6-2-3-7-12(11)17(22)24-10-15(20)19-14-9-5-4-8-13(14)18/h2-9H,10H2,1H3,(H,19,20). The number of halogens is 1. The van der Waals surface area contributed by atoms with Crippen molar-refractivity contribution in [1.29, 1.82) is 0 Å². The quantitative estimate of drug-likeness (QED) is 0.573. The van der Waals surface area contributed by atoms with E-state index in [0.717, 1.165) is 3.57 Å². The summed E-state index contributed by atoms with van der Waals surface area (Å²) in [6.45, 7) is -0.459. The number of hydrogen-bond acceptors (Lipinski definition) is 5. The zero-order valence-electron chi connectivity index (χ0n) is 12.7. The summed E-state index contributed by atoms with van der Waals surface area (Å²) in [5.74, 6) is -1.89. The van der Waals surface area contributed by atoms with Crippen LogP contribution in [0.3, 0.4) is 0 Å². The Labute approximate surface area is 152 Å². The molecule has 124 valence electrons. The smallest absolute Gasteiger partial charge is 0.339 e. The molecular formula is C17H14INO5. The minimum Gasteiger partial charge on any atom is -0.465 e. The van der Waals surface area contributed by atoms with Gasteiger partial charge in [0, 0.05) is 3.57 Å². The average Bonchev–Trinajstić information content (AvgIpc) is 2.61. The van der Waals surface area contributed by atoms with Gasteiger partial charge in [-0.15, -0.1) is 0 Å². The largest absolute Gasteiger partial charge is 0.465 e. The fraction of sp³-hybridized carbons (Fsp3) is 0.118. The number of esters is 2. The van der Waals surface area contributed by atoms with Gasteiger partial charge < -0.3 is 14.8 Å². The van der Waals surface area contributed by atoms with Gasteiger partial charge in [0.25, 0.3) is 5.91 Å². The molecule has 2 rings (SSSR count). The summed E-state index contributed by atoms with van der Waals surface area (Å²) in [5, 5.41) is 2.65. The number of anilines is 1. The van der Waals surface area contributed by atoms with Crippen molar-refractivity contribution in [2.45, 2.75) is 0 Å². The third-order valence-electron chi connectivity index (χ3n) is 3.03. The summed E-state index contributed by atoms with van der Waals surface area (Å²) < 4.78 is 10.5. The molecule has 1 amide bonds. The molecule has 0 aliphatic carbocycles. The lowest BCUT2D eigenvalue weighted by molar-refractivity contribution is -0.119. The van der Waals surface area contributed by atoms with E-state index in [2.05, 4.69) is 32.6 Å². The molecule has 1 N–H and O–H groups in total. The minimum atomic E-state index is -0.770. The van der Waals surface area contributed by atoms with E-state index in [9.17, 15) is 14.4 Å². The highest BCUT2D eigenvalue weighted by atomic mass is 127. The number of carbonyl (C=O) groups is 3. The summed E-state index contributed by atoms with van der Waals surface area (Å²) >= 11 is 2.09. The lowest BCUT2D eigenvalue weighted by Gasteiger charge is -2.09. The van der Waals surface area contributed by atoms with Gasteiger partial charge >= 0.3 is 11.9 Å². The maximum atomic E-state index is 12.1. The van der Waals surface area contributed by atoms with Gasteiger partial charge in [0.2, 0.25) is 0 Å². The maximum absolute atomic E-state index is 12.1. The second-order valence-corrected chi connectivity index (χ2v) is 5.80. The van der Waals surface area contributed by atoms with Crippen LogP contribution < -0.4 is 5.32 Å². The molecule has 2 aromatic rings. The molecule has 0 saturated heterocycles. The second-order valence-electron chi connectivity index (χ2n) is 4.64. The Morgan fingerprint density at radius 1 is 0.958 bits per heavy atom. The van der Waals surface area contributed by atoms with E-state index < -0.39 is 24.5 Å². The Bertz CT molecular complexity index is 775. The summed E-state index contributed by atoms with van der Waals surface area (Å²) in [4.78, 5) is 35.6. The van der Waals surface area contributed by atoms with Gasteiger partial charge in [-0.05, 0) is 46.9 Å². The lowest BCUT2D eigenvalue weighted by atomic mass is 10.1. The lowest BCUT2D eigenvalue weighted by Crippen LogP contribution is -2.22. The van der Waals surface area contributed by atoms with E-state index in [1.165, 1.54) is 19.2 Å². The molecule has 0 aromatic heterocycles. The van der Waals surface area contributed by atoms with Crippen LogP contribution in [0.15, 0.2) is 48.5 Å². The van der Waals surface area contributed by atoms with Gasteiger partial charge in [0.05, 0.1) is 23.9 Å². The summed E-state index contributed by atoms with van der Waals surface area (Å²) in [6, 6.07) is 13.3. The van der Waals surface area contributed by atoms with Crippen molar-refractivity contribution in [2.75, 3.05) is 19.0 Å². The second kappa shape index (κ2) is 8.44. The van der Waals surface area contributed by atoms with Gasteiger partial charge in [-0.3, -0.25) is 4.79 Å². The van der Waals surface area contributed by atoms with Gasteiger partial charge in [0.15, 0.2) is 6.61 Å². The SMILES string of the molecule is COC(=O)c1ccccc1C(=O)OCC(=O)Nc1ccccc1I. The third-order valence-corrected chi connectivity index (χ3v) is 3.98. The van der Waals surface area contributed by atoms with E-state index in [1.807, 2.05) is 12.1 Å². The van der Waals surface area contributed by atoms with Crippen LogP contribution in [-0.4, -0.2) is 31.6 Å². The van der Waals surface area contributed by atoms with Crippen LogP contribution in [-0.2, 0) is 14.3 Å². The highest BCUT2D eigenvalue weighted by Gasteiger charge is 2.19.